The summed E-state index contributed by atoms with van der Waals surface area (Å²) >= 11 is 0.890. The van der Waals surface area contributed by atoms with Crippen molar-refractivity contribution in [1.29, 1.82) is 0 Å². The van der Waals surface area contributed by atoms with E-state index >= 15 is 0 Å². The molecule has 6 nitrogen and oxygen atoms in total. The van der Waals surface area contributed by atoms with E-state index in [-0.39, 0.29) is 5.12 Å². The molecule has 0 spiro atoms. The van der Waals surface area contributed by atoms with Crippen molar-refractivity contribution in [2.24, 2.45) is 0 Å². The standard InChI is InChI=1S/C9H8O6S/c1-16-9(14)5-4-8(13)15-7(12)3-2-6(10)11/h2-5H,1H3,(H,10,11). The highest BCUT2D eigenvalue weighted by Gasteiger charge is 2.04. The molecule has 0 aliphatic heterocycles. The van der Waals surface area contributed by atoms with Crippen LogP contribution in [-0.4, -0.2) is 34.4 Å². The van der Waals surface area contributed by atoms with Gasteiger partial charge in [0.25, 0.3) is 0 Å². The molecule has 0 unspecified atom stereocenters. The molecule has 0 radical (unpaired) electrons. The van der Waals surface area contributed by atoms with Crippen LogP contribution in [0.1, 0.15) is 0 Å². The molecule has 0 amide bonds. The monoisotopic (exact) mass is 244 g/mol. The van der Waals surface area contributed by atoms with Crippen LogP contribution >= 0.6 is 11.8 Å². The summed E-state index contributed by atoms with van der Waals surface area (Å²) in [6.07, 6.45) is 4.38. The number of aliphatic carboxylic acids is 1. The van der Waals surface area contributed by atoms with Crippen LogP contribution in [0.2, 0.25) is 0 Å². The zero-order valence-corrected chi connectivity index (χ0v) is 9.02. The third-order valence-corrected chi connectivity index (χ3v) is 1.66. The lowest BCUT2D eigenvalue weighted by Crippen LogP contribution is -2.08. The first kappa shape index (κ1) is 14.1. The lowest BCUT2D eigenvalue weighted by molar-refractivity contribution is -0.152. The first-order chi connectivity index (χ1) is 7.45. The second-order valence-electron chi connectivity index (χ2n) is 2.27. The van der Waals surface area contributed by atoms with Crippen LogP contribution in [0.5, 0.6) is 0 Å². The van der Waals surface area contributed by atoms with Crippen molar-refractivity contribution in [2.45, 2.75) is 0 Å². The Balaban J connectivity index is 4.16. The number of carboxylic acid groups (broad SMARTS) is 1. The predicted molar refractivity (Wildman–Crippen MR) is 55.5 cm³/mol. The van der Waals surface area contributed by atoms with Gasteiger partial charge in [-0.15, -0.1) is 0 Å². The molecule has 0 heterocycles. The van der Waals surface area contributed by atoms with E-state index < -0.39 is 17.9 Å². The van der Waals surface area contributed by atoms with E-state index in [2.05, 4.69) is 4.74 Å². The quantitative estimate of drug-likeness (QED) is 0.426. The minimum atomic E-state index is -1.34. The summed E-state index contributed by atoms with van der Waals surface area (Å²) < 4.78 is 4.12. The number of hydrogen-bond donors (Lipinski definition) is 1. The first-order valence-electron chi connectivity index (χ1n) is 3.88. The van der Waals surface area contributed by atoms with Crippen LogP contribution in [0, 0.1) is 0 Å². The molecule has 0 fully saturated rings. The van der Waals surface area contributed by atoms with Gasteiger partial charge >= 0.3 is 17.9 Å². The molecule has 86 valence electrons. The molecule has 0 bridgehead atoms. The van der Waals surface area contributed by atoms with Gasteiger partial charge in [-0.25, -0.2) is 14.4 Å². The third-order valence-electron chi connectivity index (χ3n) is 1.12. The van der Waals surface area contributed by atoms with E-state index in [0.717, 1.165) is 23.9 Å². The summed E-state index contributed by atoms with van der Waals surface area (Å²) in [5.74, 6) is -3.49. The number of carboxylic acids is 1. The molecule has 0 aromatic heterocycles. The number of hydrogen-bond acceptors (Lipinski definition) is 6. The molecular formula is C9H8O6S. The highest BCUT2D eigenvalue weighted by molar-refractivity contribution is 8.13. The summed E-state index contributed by atoms with van der Waals surface area (Å²) in [6.45, 7) is 0. The first-order valence-corrected chi connectivity index (χ1v) is 5.11. The number of rotatable bonds is 4. The second kappa shape index (κ2) is 7.41. The van der Waals surface area contributed by atoms with Gasteiger partial charge in [-0.2, -0.15) is 0 Å². The fourth-order valence-corrected chi connectivity index (χ4v) is 0.715. The average Bonchev–Trinajstić information content (AvgIpc) is 2.23. The molecule has 0 atom stereocenters. The van der Waals surface area contributed by atoms with Crippen molar-refractivity contribution in [1.82, 2.24) is 0 Å². The molecule has 0 saturated heterocycles. The van der Waals surface area contributed by atoms with Gasteiger partial charge in [0.2, 0.25) is 5.12 Å². The van der Waals surface area contributed by atoms with E-state index in [1.165, 1.54) is 6.26 Å². The number of carbonyl (C=O) groups excluding carboxylic acids is 3. The van der Waals surface area contributed by atoms with Crippen LogP contribution < -0.4 is 0 Å². The zero-order chi connectivity index (χ0) is 12.6. The number of ether oxygens (including phenoxy) is 1. The Labute approximate surface area is 95.0 Å². The summed E-state index contributed by atoms with van der Waals surface area (Å²) in [5, 5.41) is 7.79. The molecule has 0 rings (SSSR count). The topological polar surface area (TPSA) is 97.7 Å². The Morgan fingerprint density at radius 1 is 1.00 bits per heavy atom. The molecule has 0 saturated carbocycles. The van der Waals surface area contributed by atoms with Crippen LogP contribution in [0.4, 0.5) is 0 Å². The van der Waals surface area contributed by atoms with E-state index in [4.69, 9.17) is 5.11 Å². The van der Waals surface area contributed by atoms with Crippen LogP contribution in [0.15, 0.2) is 24.3 Å². The van der Waals surface area contributed by atoms with Crippen molar-refractivity contribution in [3.8, 4) is 0 Å². The lowest BCUT2D eigenvalue weighted by Gasteiger charge is -1.93. The van der Waals surface area contributed by atoms with E-state index in [0.29, 0.717) is 12.2 Å². The maximum absolute atomic E-state index is 10.8. The molecule has 7 heteroatoms. The number of esters is 2. The molecule has 0 aromatic carbocycles. The molecule has 0 aromatic rings. The van der Waals surface area contributed by atoms with E-state index in [1.54, 1.807) is 0 Å². The van der Waals surface area contributed by atoms with Crippen LogP contribution in [-0.2, 0) is 23.9 Å². The van der Waals surface area contributed by atoms with Gasteiger partial charge in [-0.05, 0) is 12.3 Å². The van der Waals surface area contributed by atoms with Crippen molar-refractivity contribution in [2.75, 3.05) is 6.26 Å². The smallest absolute Gasteiger partial charge is 0.338 e. The Hall–Kier alpha value is -1.89. The van der Waals surface area contributed by atoms with Gasteiger partial charge in [0.15, 0.2) is 0 Å². The summed E-state index contributed by atoms with van der Waals surface area (Å²) in [4.78, 5) is 42.3. The van der Waals surface area contributed by atoms with Crippen molar-refractivity contribution < 1.29 is 29.0 Å². The highest BCUT2D eigenvalue weighted by Crippen LogP contribution is 1.96. The van der Waals surface area contributed by atoms with Crippen LogP contribution in [0.25, 0.3) is 0 Å². The fraction of sp³-hybridized carbons (Fsp3) is 0.111. The van der Waals surface area contributed by atoms with Gasteiger partial charge in [-0.3, -0.25) is 4.79 Å². The van der Waals surface area contributed by atoms with E-state index in [1.807, 2.05) is 0 Å². The lowest BCUT2D eigenvalue weighted by atomic mass is 10.5. The Morgan fingerprint density at radius 3 is 1.94 bits per heavy atom. The summed E-state index contributed by atoms with van der Waals surface area (Å²) in [6, 6.07) is 0. The highest BCUT2D eigenvalue weighted by atomic mass is 32.2. The summed E-state index contributed by atoms with van der Waals surface area (Å²) in [5.41, 5.74) is 0. The average molecular weight is 244 g/mol. The third kappa shape index (κ3) is 7.51. The normalized spacial score (nSPS) is 10.6. The van der Waals surface area contributed by atoms with E-state index in [9.17, 15) is 19.2 Å². The summed E-state index contributed by atoms with van der Waals surface area (Å²) in [7, 11) is 0. The van der Waals surface area contributed by atoms with Gasteiger partial charge in [0.1, 0.15) is 0 Å². The molecule has 0 aliphatic carbocycles. The van der Waals surface area contributed by atoms with Gasteiger partial charge in [-0.1, -0.05) is 11.8 Å². The van der Waals surface area contributed by atoms with Gasteiger partial charge < -0.3 is 9.84 Å². The predicted octanol–water partition coefficient (Wildman–Crippen LogP) is 0.143. The number of carbonyl (C=O) groups is 4. The molecular weight excluding hydrogens is 236 g/mol. The Kier molecular flexibility index (Phi) is 6.53. The SMILES string of the molecule is CSC(=O)C=CC(=O)OC(=O)C=CC(=O)O. The maximum atomic E-state index is 10.8. The van der Waals surface area contributed by atoms with Crippen LogP contribution in [0.3, 0.4) is 0 Å². The minimum absolute atomic E-state index is 0.370. The van der Waals surface area contributed by atoms with Gasteiger partial charge in [0, 0.05) is 18.2 Å². The fourth-order valence-electron chi connectivity index (χ4n) is 0.511. The number of thioether (sulfide) groups is 1. The Morgan fingerprint density at radius 2 is 1.50 bits per heavy atom. The zero-order valence-electron chi connectivity index (χ0n) is 8.21. The molecule has 0 aliphatic rings. The Bertz CT molecular complexity index is 368. The molecule has 1 N–H and O–H groups in total. The van der Waals surface area contributed by atoms with Crippen molar-refractivity contribution >= 4 is 34.8 Å². The largest absolute Gasteiger partial charge is 0.478 e. The second-order valence-corrected chi connectivity index (χ2v) is 3.08. The van der Waals surface area contributed by atoms with Gasteiger partial charge in [0.05, 0.1) is 0 Å². The maximum Gasteiger partial charge on any atom is 0.338 e. The minimum Gasteiger partial charge on any atom is -0.478 e. The molecule has 16 heavy (non-hydrogen) atoms. The van der Waals surface area contributed by atoms with Crippen molar-refractivity contribution in [3.63, 3.8) is 0 Å². The van der Waals surface area contributed by atoms with Crippen molar-refractivity contribution in [3.05, 3.63) is 24.3 Å².